The molecule has 0 spiro atoms. The number of rotatable bonds is 6. The maximum Gasteiger partial charge on any atom is 0.231 e. The number of nitriles is 1. The molecule has 1 atom stereocenters. The Morgan fingerprint density at radius 3 is 2.52 bits per heavy atom. The number of thioether (sulfide) groups is 1. The Hall–Kier alpha value is -2.62. The van der Waals surface area contributed by atoms with Crippen molar-refractivity contribution in [3.8, 4) is 6.07 Å². The predicted octanol–water partition coefficient (Wildman–Crippen LogP) is 5.25. The fraction of sp³-hybridized carbons (Fsp3) is 0.261. The van der Waals surface area contributed by atoms with Gasteiger partial charge in [-0.1, -0.05) is 47.7 Å². The summed E-state index contributed by atoms with van der Waals surface area (Å²) in [7, 11) is 0. The van der Waals surface area contributed by atoms with Crippen molar-refractivity contribution in [2.45, 2.75) is 38.8 Å². The SMILES string of the molecule is Cc1ccc(C(NC(=O)CSc2nc(C)c(C)c(C)c2C#N)c2cccs2)cc1. The first-order valence-corrected chi connectivity index (χ1v) is 11.2. The third kappa shape index (κ3) is 4.87. The van der Waals surface area contributed by atoms with E-state index >= 15 is 0 Å². The molecule has 3 rings (SSSR count). The lowest BCUT2D eigenvalue weighted by Gasteiger charge is -2.18. The minimum Gasteiger partial charge on any atom is -0.344 e. The Kier molecular flexibility index (Phi) is 6.73. The van der Waals surface area contributed by atoms with E-state index in [0.29, 0.717) is 10.6 Å². The fourth-order valence-corrected chi connectivity index (χ4v) is 4.72. The number of benzene rings is 1. The van der Waals surface area contributed by atoms with Gasteiger partial charge >= 0.3 is 0 Å². The van der Waals surface area contributed by atoms with Crippen molar-refractivity contribution in [3.63, 3.8) is 0 Å². The van der Waals surface area contributed by atoms with Crippen LogP contribution in [0.3, 0.4) is 0 Å². The number of nitrogens with one attached hydrogen (secondary N) is 1. The predicted molar refractivity (Wildman–Crippen MR) is 119 cm³/mol. The summed E-state index contributed by atoms with van der Waals surface area (Å²) in [5, 5.41) is 15.3. The fourth-order valence-electron chi connectivity index (χ4n) is 3.02. The number of pyridine rings is 1. The Morgan fingerprint density at radius 2 is 1.90 bits per heavy atom. The second-order valence-corrected chi connectivity index (χ2v) is 8.90. The molecule has 148 valence electrons. The van der Waals surface area contributed by atoms with Crippen molar-refractivity contribution >= 4 is 29.0 Å². The number of carbonyl (C=O) groups excluding carboxylic acids is 1. The van der Waals surface area contributed by atoms with Gasteiger partial charge < -0.3 is 5.32 Å². The number of aromatic nitrogens is 1. The van der Waals surface area contributed by atoms with Gasteiger partial charge in [-0.3, -0.25) is 4.79 Å². The number of carbonyl (C=O) groups is 1. The van der Waals surface area contributed by atoms with Gasteiger partial charge in [-0.05, 0) is 55.8 Å². The standard InChI is InChI=1S/C23H23N3OS2/c1-14-7-9-18(10-8-14)22(20-6-5-11-28-20)26-21(27)13-29-23-19(12-24)16(3)15(2)17(4)25-23/h5-11,22H,13H2,1-4H3,(H,26,27). The highest BCUT2D eigenvalue weighted by Gasteiger charge is 2.19. The second-order valence-electron chi connectivity index (χ2n) is 6.95. The molecule has 0 saturated carbocycles. The first kappa shape index (κ1) is 21.1. The van der Waals surface area contributed by atoms with E-state index in [9.17, 15) is 10.1 Å². The van der Waals surface area contributed by atoms with E-state index in [4.69, 9.17) is 0 Å². The highest BCUT2D eigenvalue weighted by atomic mass is 32.2. The van der Waals surface area contributed by atoms with E-state index in [0.717, 1.165) is 27.3 Å². The average Bonchev–Trinajstić information content (AvgIpc) is 3.24. The van der Waals surface area contributed by atoms with Crippen LogP contribution in [0.25, 0.3) is 0 Å². The zero-order chi connectivity index (χ0) is 21.0. The summed E-state index contributed by atoms with van der Waals surface area (Å²) in [5.74, 6) is 0.118. The van der Waals surface area contributed by atoms with Gasteiger partial charge in [0, 0.05) is 10.6 Å². The summed E-state index contributed by atoms with van der Waals surface area (Å²) in [5.41, 5.74) is 5.63. The van der Waals surface area contributed by atoms with Crippen LogP contribution in [-0.4, -0.2) is 16.6 Å². The van der Waals surface area contributed by atoms with E-state index in [-0.39, 0.29) is 17.7 Å². The topological polar surface area (TPSA) is 65.8 Å². The minimum atomic E-state index is -0.186. The first-order valence-electron chi connectivity index (χ1n) is 9.30. The molecule has 0 bridgehead atoms. The third-order valence-electron chi connectivity index (χ3n) is 4.96. The number of hydrogen-bond acceptors (Lipinski definition) is 5. The van der Waals surface area contributed by atoms with Crippen molar-refractivity contribution in [2.24, 2.45) is 0 Å². The first-order chi connectivity index (χ1) is 13.9. The molecule has 0 aliphatic rings. The molecule has 1 aromatic carbocycles. The normalized spacial score (nSPS) is 11.7. The summed E-state index contributed by atoms with van der Waals surface area (Å²) in [6.45, 7) is 7.87. The average molecular weight is 422 g/mol. The molecule has 0 saturated heterocycles. The summed E-state index contributed by atoms with van der Waals surface area (Å²) in [6, 6.07) is 14.3. The van der Waals surface area contributed by atoms with Crippen LogP contribution in [0, 0.1) is 39.0 Å². The molecule has 29 heavy (non-hydrogen) atoms. The van der Waals surface area contributed by atoms with Crippen LogP contribution < -0.4 is 5.32 Å². The van der Waals surface area contributed by atoms with Gasteiger partial charge in [-0.25, -0.2) is 4.98 Å². The van der Waals surface area contributed by atoms with Crippen molar-refractivity contribution in [1.82, 2.24) is 10.3 Å². The van der Waals surface area contributed by atoms with Crippen LogP contribution in [0.4, 0.5) is 0 Å². The van der Waals surface area contributed by atoms with Gasteiger partial charge in [0.15, 0.2) is 0 Å². The molecule has 0 aliphatic heterocycles. The Balaban J connectivity index is 1.77. The van der Waals surface area contributed by atoms with Crippen molar-refractivity contribution in [2.75, 3.05) is 5.75 Å². The van der Waals surface area contributed by atoms with E-state index in [2.05, 4.69) is 40.6 Å². The number of nitrogens with zero attached hydrogens (tertiary/aromatic N) is 2. The van der Waals surface area contributed by atoms with E-state index < -0.39 is 0 Å². The van der Waals surface area contributed by atoms with Crippen molar-refractivity contribution in [3.05, 3.63) is 80.2 Å². The van der Waals surface area contributed by atoms with Crippen LogP contribution in [0.1, 0.15) is 44.4 Å². The lowest BCUT2D eigenvalue weighted by molar-refractivity contribution is -0.119. The zero-order valence-corrected chi connectivity index (χ0v) is 18.6. The van der Waals surface area contributed by atoms with E-state index in [1.165, 1.54) is 17.3 Å². The van der Waals surface area contributed by atoms with Gasteiger partial charge in [0.05, 0.1) is 17.4 Å². The molecule has 0 radical (unpaired) electrons. The molecule has 1 amide bonds. The monoisotopic (exact) mass is 421 g/mol. The van der Waals surface area contributed by atoms with Crippen LogP contribution in [0.5, 0.6) is 0 Å². The maximum absolute atomic E-state index is 12.8. The Labute approximate surface area is 180 Å². The zero-order valence-electron chi connectivity index (χ0n) is 16.9. The minimum absolute atomic E-state index is 0.0875. The molecule has 2 heterocycles. The van der Waals surface area contributed by atoms with E-state index in [1.807, 2.05) is 45.2 Å². The third-order valence-corrected chi connectivity index (χ3v) is 6.87. The molecule has 2 aromatic heterocycles. The second kappa shape index (κ2) is 9.25. The molecule has 1 N–H and O–H groups in total. The van der Waals surface area contributed by atoms with Crippen molar-refractivity contribution < 1.29 is 4.79 Å². The maximum atomic E-state index is 12.8. The quantitative estimate of drug-likeness (QED) is 0.552. The number of hydrogen-bond donors (Lipinski definition) is 1. The Bertz CT molecular complexity index is 1050. The van der Waals surface area contributed by atoms with Gasteiger partial charge in [-0.2, -0.15) is 5.26 Å². The van der Waals surface area contributed by atoms with Crippen molar-refractivity contribution in [1.29, 1.82) is 5.26 Å². The number of aryl methyl sites for hydroxylation is 2. The van der Waals surface area contributed by atoms with Gasteiger partial charge in [0.25, 0.3) is 0 Å². The lowest BCUT2D eigenvalue weighted by atomic mass is 10.0. The molecular formula is C23H23N3OS2. The number of thiophene rings is 1. The van der Waals surface area contributed by atoms with Gasteiger partial charge in [-0.15, -0.1) is 11.3 Å². The van der Waals surface area contributed by atoms with Gasteiger partial charge in [0.2, 0.25) is 5.91 Å². The summed E-state index contributed by atoms with van der Waals surface area (Å²) in [4.78, 5) is 18.4. The van der Waals surface area contributed by atoms with Crippen LogP contribution in [0.15, 0.2) is 46.8 Å². The highest BCUT2D eigenvalue weighted by molar-refractivity contribution is 8.00. The summed E-state index contributed by atoms with van der Waals surface area (Å²) in [6.07, 6.45) is 0. The van der Waals surface area contributed by atoms with Crippen LogP contribution in [-0.2, 0) is 4.79 Å². The Morgan fingerprint density at radius 1 is 1.17 bits per heavy atom. The highest BCUT2D eigenvalue weighted by Crippen LogP contribution is 2.28. The lowest BCUT2D eigenvalue weighted by Crippen LogP contribution is -2.30. The molecule has 3 aromatic rings. The molecular weight excluding hydrogens is 398 g/mol. The van der Waals surface area contributed by atoms with Crippen LogP contribution in [0.2, 0.25) is 0 Å². The molecule has 0 aliphatic carbocycles. The van der Waals surface area contributed by atoms with Crippen LogP contribution >= 0.6 is 23.1 Å². The largest absolute Gasteiger partial charge is 0.344 e. The molecule has 0 fully saturated rings. The molecule has 1 unspecified atom stereocenters. The number of amides is 1. The summed E-state index contributed by atoms with van der Waals surface area (Å²) >= 11 is 2.93. The molecule has 4 nitrogen and oxygen atoms in total. The molecule has 6 heteroatoms. The van der Waals surface area contributed by atoms with Gasteiger partial charge in [0.1, 0.15) is 11.1 Å². The summed E-state index contributed by atoms with van der Waals surface area (Å²) < 4.78 is 0. The van der Waals surface area contributed by atoms with E-state index in [1.54, 1.807) is 11.3 Å². The smallest absolute Gasteiger partial charge is 0.231 e.